The molecule has 28 heavy (non-hydrogen) atoms. The number of benzene rings is 1. The van der Waals surface area contributed by atoms with Gasteiger partial charge in [-0.05, 0) is 56.2 Å². The molecule has 4 nitrogen and oxygen atoms in total. The third-order valence-electron chi connectivity index (χ3n) is 6.45. The summed E-state index contributed by atoms with van der Waals surface area (Å²) in [6.45, 7) is 6.09. The van der Waals surface area contributed by atoms with Gasteiger partial charge in [-0.15, -0.1) is 11.3 Å². The molecule has 3 atom stereocenters. The molecule has 2 aromatic rings. The predicted octanol–water partition coefficient (Wildman–Crippen LogP) is 5.37. The molecular weight excluding hydrogens is 392 g/mol. The Morgan fingerprint density at radius 3 is 2.64 bits per heavy atom. The fraction of sp³-hybridized carbons (Fsp3) is 0.636. The van der Waals surface area contributed by atoms with Gasteiger partial charge in [-0.2, -0.15) is 0 Å². The maximum absolute atomic E-state index is 13.1. The molecule has 2 saturated heterocycles. The Bertz CT molecular complexity index is 867. The van der Waals surface area contributed by atoms with Crippen molar-refractivity contribution in [3.63, 3.8) is 0 Å². The number of aliphatic hydroxyl groups is 1. The molecular formula is C22H29ClN2O2S. The number of halogens is 1. The molecule has 4 fully saturated rings. The summed E-state index contributed by atoms with van der Waals surface area (Å²) >= 11 is 7.70. The average molecular weight is 421 g/mol. The Labute approximate surface area is 175 Å². The van der Waals surface area contributed by atoms with Crippen molar-refractivity contribution in [2.45, 2.75) is 82.9 Å². The number of rotatable bonds is 3. The third-order valence-corrected chi connectivity index (χ3v) is 7.94. The lowest BCUT2D eigenvalue weighted by Crippen LogP contribution is -2.65. The zero-order valence-electron chi connectivity index (χ0n) is 16.8. The van der Waals surface area contributed by atoms with Crippen molar-refractivity contribution in [2.75, 3.05) is 0 Å². The van der Waals surface area contributed by atoms with Crippen molar-refractivity contribution in [3.05, 3.63) is 28.2 Å². The van der Waals surface area contributed by atoms with Crippen LogP contribution in [0.25, 0.3) is 10.2 Å². The number of aromatic nitrogens is 1. The van der Waals surface area contributed by atoms with Gasteiger partial charge in [0.1, 0.15) is 0 Å². The maximum atomic E-state index is 13.1. The van der Waals surface area contributed by atoms with Gasteiger partial charge in [-0.1, -0.05) is 32.4 Å². The summed E-state index contributed by atoms with van der Waals surface area (Å²) in [4.78, 5) is 19.9. The Balaban J connectivity index is 0.000000932. The molecule has 4 aliphatic rings. The molecule has 2 saturated carbocycles. The van der Waals surface area contributed by atoms with Crippen molar-refractivity contribution >= 4 is 39.1 Å². The van der Waals surface area contributed by atoms with Gasteiger partial charge in [-0.25, -0.2) is 4.98 Å². The van der Waals surface area contributed by atoms with Crippen molar-refractivity contribution in [1.29, 1.82) is 0 Å². The molecule has 6 heteroatoms. The Morgan fingerprint density at radius 1 is 1.32 bits per heavy atom. The number of carbonyl (C=O) groups excluding carboxylic acids is 1. The van der Waals surface area contributed by atoms with Crippen molar-refractivity contribution in [1.82, 2.24) is 9.88 Å². The van der Waals surface area contributed by atoms with Crippen LogP contribution in [0.3, 0.4) is 0 Å². The van der Waals surface area contributed by atoms with E-state index < -0.39 is 5.60 Å². The van der Waals surface area contributed by atoms with Crippen molar-refractivity contribution in [3.8, 4) is 0 Å². The normalized spacial score (nSPS) is 31.6. The number of fused-ring (bicyclic) bond motifs is 1. The van der Waals surface area contributed by atoms with E-state index in [-0.39, 0.29) is 23.9 Å². The lowest BCUT2D eigenvalue weighted by atomic mass is 9.61. The third kappa shape index (κ3) is 3.57. The molecule has 3 heterocycles. The van der Waals surface area contributed by atoms with Gasteiger partial charge in [-0.3, -0.25) is 4.79 Å². The first-order valence-corrected chi connectivity index (χ1v) is 11.7. The quantitative estimate of drug-likeness (QED) is 0.725. The SMILES string of the molecule is CC.CC(CC(=O)N1C2CC3CC1CC(O)(C3)C2)c1nc2ccc(Cl)cc2s1. The van der Waals surface area contributed by atoms with Crippen molar-refractivity contribution in [2.24, 2.45) is 5.92 Å². The molecule has 3 unspecified atom stereocenters. The summed E-state index contributed by atoms with van der Waals surface area (Å²) in [5.74, 6) is 0.930. The molecule has 2 aliphatic carbocycles. The molecule has 1 amide bonds. The molecule has 152 valence electrons. The number of hydrogen-bond donors (Lipinski definition) is 1. The summed E-state index contributed by atoms with van der Waals surface area (Å²) in [7, 11) is 0. The molecule has 4 bridgehead atoms. The number of piperidine rings is 2. The number of amides is 1. The molecule has 1 N–H and O–H groups in total. The minimum atomic E-state index is -0.509. The highest BCUT2D eigenvalue weighted by Crippen LogP contribution is 2.51. The second-order valence-electron chi connectivity index (χ2n) is 8.55. The van der Waals surface area contributed by atoms with E-state index in [9.17, 15) is 9.90 Å². The van der Waals surface area contributed by atoms with Crippen LogP contribution < -0.4 is 0 Å². The monoisotopic (exact) mass is 420 g/mol. The summed E-state index contributed by atoms with van der Waals surface area (Å²) < 4.78 is 1.07. The first-order chi connectivity index (χ1) is 13.4. The number of thiazole rings is 1. The largest absolute Gasteiger partial charge is 0.390 e. The van der Waals surface area contributed by atoms with Crippen LogP contribution in [-0.4, -0.2) is 38.6 Å². The molecule has 6 rings (SSSR count). The highest BCUT2D eigenvalue weighted by atomic mass is 35.5. The van der Waals surface area contributed by atoms with Gasteiger partial charge in [0, 0.05) is 29.4 Å². The van der Waals surface area contributed by atoms with Gasteiger partial charge in [0.15, 0.2) is 0 Å². The Kier molecular flexibility index (Phi) is 5.45. The van der Waals surface area contributed by atoms with Gasteiger partial charge in [0.25, 0.3) is 0 Å². The maximum Gasteiger partial charge on any atom is 0.223 e. The van der Waals surface area contributed by atoms with Crippen LogP contribution in [0.4, 0.5) is 0 Å². The fourth-order valence-electron chi connectivity index (χ4n) is 5.57. The van der Waals surface area contributed by atoms with Crippen molar-refractivity contribution < 1.29 is 9.90 Å². The molecule has 2 aliphatic heterocycles. The van der Waals surface area contributed by atoms with E-state index in [0.717, 1.165) is 47.3 Å². The standard InChI is InChI=1S/C20H23ClN2O2S.C2H6/c1-11(19-22-16-3-2-13(21)7-17(16)26-19)4-18(24)23-14-5-12-6-15(23)10-20(25,8-12)9-14;1-2/h2-3,7,11-12,14-15,25H,4-6,8-10H2,1H3;1-2H3. The number of carbonyl (C=O) groups is 1. The first-order valence-electron chi connectivity index (χ1n) is 10.5. The van der Waals surface area contributed by atoms with Crippen LogP contribution in [0.5, 0.6) is 0 Å². The summed E-state index contributed by atoms with van der Waals surface area (Å²) in [5.41, 5.74) is 0.441. The van der Waals surface area contributed by atoms with E-state index in [1.807, 2.05) is 32.0 Å². The van der Waals surface area contributed by atoms with Crippen LogP contribution in [0, 0.1) is 5.92 Å². The van der Waals surface area contributed by atoms with E-state index in [0.29, 0.717) is 17.4 Å². The van der Waals surface area contributed by atoms with Crippen LogP contribution in [-0.2, 0) is 4.79 Å². The van der Waals surface area contributed by atoms with Crippen LogP contribution in [0.2, 0.25) is 5.02 Å². The van der Waals surface area contributed by atoms with Gasteiger partial charge in [0.05, 0.1) is 20.8 Å². The van der Waals surface area contributed by atoms with E-state index >= 15 is 0 Å². The average Bonchev–Trinajstić information content (AvgIpc) is 3.05. The van der Waals surface area contributed by atoms with Gasteiger partial charge >= 0.3 is 0 Å². The second-order valence-corrected chi connectivity index (χ2v) is 10.1. The molecule has 1 aromatic carbocycles. The Hall–Kier alpha value is -1.17. The van der Waals surface area contributed by atoms with Crippen LogP contribution in [0.15, 0.2) is 18.2 Å². The highest BCUT2D eigenvalue weighted by molar-refractivity contribution is 7.18. The van der Waals surface area contributed by atoms with E-state index in [4.69, 9.17) is 16.6 Å². The number of hydrogen-bond acceptors (Lipinski definition) is 4. The molecule has 1 aromatic heterocycles. The Morgan fingerprint density at radius 2 is 2.00 bits per heavy atom. The number of nitrogens with zero attached hydrogens (tertiary/aromatic N) is 2. The zero-order valence-corrected chi connectivity index (χ0v) is 18.4. The lowest BCUT2D eigenvalue weighted by Gasteiger charge is -2.59. The van der Waals surface area contributed by atoms with E-state index in [1.165, 1.54) is 0 Å². The van der Waals surface area contributed by atoms with Gasteiger partial charge < -0.3 is 10.0 Å². The summed E-state index contributed by atoms with van der Waals surface area (Å²) in [5, 5.41) is 12.4. The zero-order chi connectivity index (χ0) is 20.1. The van der Waals surface area contributed by atoms with Gasteiger partial charge in [0.2, 0.25) is 5.91 Å². The highest BCUT2D eigenvalue weighted by Gasteiger charge is 2.54. The van der Waals surface area contributed by atoms with E-state index in [1.54, 1.807) is 11.3 Å². The summed E-state index contributed by atoms with van der Waals surface area (Å²) in [6, 6.07) is 6.21. The van der Waals surface area contributed by atoms with Crippen LogP contribution in [0.1, 0.15) is 70.2 Å². The first kappa shape index (κ1) is 20.1. The smallest absolute Gasteiger partial charge is 0.223 e. The summed E-state index contributed by atoms with van der Waals surface area (Å²) in [6.07, 6.45) is 5.09. The molecule has 0 radical (unpaired) electrons. The fourth-order valence-corrected chi connectivity index (χ4v) is 6.87. The molecule has 0 spiro atoms. The predicted molar refractivity (Wildman–Crippen MR) is 115 cm³/mol. The lowest BCUT2D eigenvalue weighted by molar-refractivity contribution is -0.174. The van der Waals surface area contributed by atoms with Crippen LogP contribution >= 0.6 is 22.9 Å². The van der Waals surface area contributed by atoms with E-state index in [2.05, 4.69) is 11.8 Å². The minimum absolute atomic E-state index is 0.0962. The topological polar surface area (TPSA) is 53.4 Å². The second kappa shape index (κ2) is 7.58. The minimum Gasteiger partial charge on any atom is -0.390 e.